The lowest BCUT2D eigenvalue weighted by atomic mass is 10.2. The highest BCUT2D eigenvalue weighted by Crippen LogP contribution is 2.34. The molecule has 4 rings (SSSR count). The van der Waals surface area contributed by atoms with Crippen LogP contribution in [0.2, 0.25) is 0 Å². The van der Waals surface area contributed by atoms with Crippen molar-refractivity contribution in [1.29, 1.82) is 0 Å². The van der Waals surface area contributed by atoms with Crippen LogP contribution in [-0.4, -0.2) is 40.3 Å². The van der Waals surface area contributed by atoms with Crippen LogP contribution >= 0.6 is 0 Å². The van der Waals surface area contributed by atoms with Crippen LogP contribution in [0.25, 0.3) is 5.69 Å². The molecule has 1 aliphatic heterocycles. The first kappa shape index (κ1) is 19.1. The zero-order valence-electron chi connectivity index (χ0n) is 15.3. The number of benzene rings is 2. The summed E-state index contributed by atoms with van der Waals surface area (Å²) in [5, 5.41) is 11.5. The first-order valence-corrected chi connectivity index (χ1v) is 10.4. The fraction of sp³-hybridized carbons (Fsp3) is 0.211. The minimum atomic E-state index is -3.75. The summed E-state index contributed by atoms with van der Waals surface area (Å²) in [6.07, 6.45) is 6.68. The molecule has 9 nitrogen and oxygen atoms in total. The Balaban J connectivity index is 1.61. The first-order valence-electron chi connectivity index (χ1n) is 9.00. The molecule has 0 N–H and O–H groups in total. The van der Waals surface area contributed by atoms with Crippen molar-refractivity contribution in [2.24, 2.45) is 0 Å². The van der Waals surface area contributed by atoms with Gasteiger partial charge in [-0.1, -0.05) is 0 Å². The van der Waals surface area contributed by atoms with Crippen LogP contribution in [0.3, 0.4) is 0 Å². The summed E-state index contributed by atoms with van der Waals surface area (Å²) in [6.45, 7) is 0.856. The Kier molecular flexibility index (Phi) is 5.03. The van der Waals surface area contributed by atoms with Crippen molar-refractivity contribution >= 4 is 15.7 Å². The third-order valence-electron chi connectivity index (χ3n) is 4.70. The maximum absolute atomic E-state index is 12.7. The number of hydrogen-bond donors (Lipinski definition) is 0. The highest BCUT2D eigenvalue weighted by atomic mass is 32.2. The molecule has 150 valence electrons. The lowest BCUT2D eigenvalue weighted by molar-refractivity contribution is -0.385. The lowest BCUT2D eigenvalue weighted by Gasteiger charge is -2.16. The van der Waals surface area contributed by atoms with Crippen LogP contribution in [0, 0.1) is 10.1 Å². The smallest absolute Gasteiger partial charge is 0.312 e. The van der Waals surface area contributed by atoms with Gasteiger partial charge in [-0.25, -0.2) is 13.4 Å². The maximum Gasteiger partial charge on any atom is 0.312 e. The lowest BCUT2D eigenvalue weighted by Crippen LogP contribution is -2.27. The molecule has 29 heavy (non-hydrogen) atoms. The largest absolute Gasteiger partial charge is 0.450 e. The van der Waals surface area contributed by atoms with Gasteiger partial charge in [0.05, 0.1) is 16.1 Å². The van der Waals surface area contributed by atoms with Crippen molar-refractivity contribution in [3.8, 4) is 17.2 Å². The fourth-order valence-electron chi connectivity index (χ4n) is 3.19. The number of imidazole rings is 1. The van der Waals surface area contributed by atoms with Gasteiger partial charge in [-0.05, 0) is 49.2 Å². The molecule has 2 heterocycles. The predicted molar refractivity (Wildman–Crippen MR) is 105 cm³/mol. The van der Waals surface area contributed by atoms with E-state index in [9.17, 15) is 18.5 Å². The molecular weight excluding hydrogens is 396 g/mol. The topological polar surface area (TPSA) is 108 Å². The van der Waals surface area contributed by atoms with Crippen molar-refractivity contribution in [1.82, 2.24) is 13.9 Å². The van der Waals surface area contributed by atoms with Gasteiger partial charge in [-0.2, -0.15) is 4.31 Å². The quantitative estimate of drug-likeness (QED) is 0.452. The van der Waals surface area contributed by atoms with Gasteiger partial charge >= 0.3 is 5.69 Å². The summed E-state index contributed by atoms with van der Waals surface area (Å²) >= 11 is 0. The molecule has 1 fully saturated rings. The standard InChI is InChI=1S/C19H18N4O5S/c24-23(25)18-13-17(29(26,27)22-10-1-2-11-22)7-8-19(18)28-16-5-3-15(4-6-16)21-12-9-20-14-21/h3-9,12-14H,1-2,10-11H2. The molecule has 0 atom stereocenters. The van der Waals surface area contributed by atoms with Gasteiger partial charge in [-0.3, -0.25) is 10.1 Å². The number of nitro groups is 1. The van der Waals surface area contributed by atoms with E-state index >= 15 is 0 Å². The van der Waals surface area contributed by atoms with Gasteiger partial charge in [0.1, 0.15) is 5.75 Å². The van der Waals surface area contributed by atoms with Crippen molar-refractivity contribution in [2.75, 3.05) is 13.1 Å². The molecule has 0 radical (unpaired) electrons. The number of aromatic nitrogens is 2. The minimum absolute atomic E-state index is 0.0225. The summed E-state index contributed by atoms with van der Waals surface area (Å²) in [6, 6.07) is 10.6. The molecule has 0 saturated carbocycles. The highest BCUT2D eigenvalue weighted by molar-refractivity contribution is 7.89. The average Bonchev–Trinajstić information content (AvgIpc) is 3.43. The number of nitro benzene ring substituents is 1. The number of ether oxygens (including phenoxy) is 1. The Morgan fingerprint density at radius 3 is 2.41 bits per heavy atom. The van der Waals surface area contributed by atoms with Crippen LogP contribution in [0.15, 0.2) is 66.1 Å². The Labute approximate surface area is 167 Å². The van der Waals surface area contributed by atoms with E-state index < -0.39 is 20.6 Å². The molecule has 0 unspecified atom stereocenters. The molecule has 2 aromatic carbocycles. The molecule has 10 heteroatoms. The van der Waals surface area contributed by atoms with E-state index in [2.05, 4.69) is 4.98 Å². The Morgan fingerprint density at radius 2 is 1.79 bits per heavy atom. The van der Waals surface area contributed by atoms with E-state index in [1.54, 1.807) is 43.0 Å². The molecule has 0 bridgehead atoms. The minimum Gasteiger partial charge on any atom is -0.450 e. The zero-order chi connectivity index (χ0) is 20.4. The van der Waals surface area contributed by atoms with E-state index in [0.29, 0.717) is 18.8 Å². The fourth-order valence-corrected chi connectivity index (χ4v) is 4.73. The van der Waals surface area contributed by atoms with Gasteiger partial charge in [0, 0.05) is 37.2 Å². The van der Waals surface area contributed by atoms with Crippen molar-refractivity contribution in [2.45, 2.75) is 17.7 Å². The first-order chi connectivity index (χ1) is 13.9. The van der Waals surface area contributed by atoms with Crippen LogP contribution in [0.1, 0.15) is 12.8 Å². The molecule has 0 aliphatic carbocycles. The second kappa shape index (κ2) is 7.64. The molecule has 0 amide bonds. The van der Waals surface area contributed by atoms with Crippen LogP contribution < -0.4 is 4.74 Å². The monoisotopic (exact) mass is 414 g/mol. The SMILES string of the molecule is O=[N+]([O-])c1cc(S(=O)(=O)N2CCCC2)ccc1Oc1ccc(-n2ccnc2)cc1. The maximum atomic E-state index is 12.7. The summed E-state index contributed by atoms with van der Waals surface area (Å²) in [7, 11) is -3.75. The van der Waals surface area contributed by atoms with E-state index in [4.69, 9.17) is 4.74 Å². The van der Waals surface area contributed by atoms with Crippen LogP contribution in [0.4, 0.5) is 5.69 Å². The second-order valence-corrected chi connectivity index (χ2v) is 8.50. The molecule has 3 aromatic rings. The van der Waals surface area contributed by atoms with Crippen molar-refractivity contribution in [3.63, 3.8) is 0 Å². The number of nitrogens with zero attached hydrogens (tertiary/aromatic N) is 4. The molecular formula is C19H18N4O5S. The summed E-state index contributed by atoms with van der Waals surface area (Å²) < 4.78 is 34.2. The molecule has 1 saturated heterocycles. The third-order valence-corrected chi connectivity index (χ3v) is 6.59. The van der Waals surface area contributed by atoms with Gasteiger partial charge in [0.2, 0.25) is 15.8 Å². The van der Waals surface area contributed by atoms with Crippen LogP contribution in [0.5, 0.6) is 11.5 Å². The van der Waals surface area contributed by atoms with Crippen LogP contribution in [-0.2, 0) is 10.0 Å². The van der Waals surface area contributed by atoms with E-state index in [1.165, 1.54) is 16.4 Å². The van der Waals surface area contributed by atoms with Gasteiger partial charge < -0.3 is 9.30 Å². The number of sulfonamides is 1. The van der Waals surface area contributed by atoms with E-state index in [0.717, 1.165) is 24.6 Å². The summed E-state index contributed by atoms with van der Waals surface area (Å²) in [5.74, 6) is 0.373. The van der Waals surface area contributed by atoms with Gasteiger partial charge in [0.25, 0.3) is 0 Å². The highest BCUT2D eigenvalue weighted by Gasteiger charge is 2.30. The van der Waals surface area contributed by atoms with E-state index in [1.807, 2.05) is 4.57 Å². The Morgan fingerprint density at radius 1 is 1.07 bits per heavy atom. The molecule has 1 aromatic heterocycles. The summed E-state index contributed by atoms with van der Waals surface area (Å²) in [5.41, 5.74) is 0.459. The van der Waals surface area contributed by atoms with Crippen molar-refractivity contribution in [3.05, 3.63) is 71.3 Å². The number of hydrogen-bond acceptors (Lipinski definition) is 6. The normalized spacial score (nSPS) is 14.8. The number of rotatable bonds is 6. The van der Waals surface area contributed by atoms with Gasteiger partial charge in [-0.15, -0.1) is 0 Å². The summed E-state index contributed by atoms with van der Waals surface area (Å²) in [4.78, 5) is 14.8. The second-order valence-electron chi connectivity index (χ2n) is 6.56. The van der Waals surface area contributed by atoms with Crippen molar-refractivity contribution < 1.29 is 18.1 Å². The molecule has 0 spiro atoms. The average molecular weight is 414 g/mol. The van der Waals surface area contributed by atoms with Gasteiger partial charge in [0.15, 0.2) is 0 Å². The predicted octanol–water partition coefficient (Wildman–Crippen LogP) is 3.36. The van der Waals surface area contributed by atoms with E-state index in [-0.39, 0.29) is 10.6 Å². The molecule has 1 aliphatic rings. The third kappa shape index (κ3) is 3.84. The Hall–Kier alpha value is -3.24. The Bertz CT molecular complexity index is 1120. The zero-order valence-corrected chi connectivity index (χ0v) is 16.2.